The standard InChI is InChI=1S/C6H12N2O/c1-3-4(2)6-7-5(3)8(6)9/h3-7,9H,1-2H3. The Labute approximate surface area is 54.6 Å². The summed E-state index contributed by atoms with van der Waals surface area (Å²) < 4.78 is 0. The molecule has 3 nitrogen and oxygen atoms in total. The maximum absolute atomic E-state index is 9.16. The Balaban J connectivity index is 2.18. The van der Waals surface area contributed by atoms with E-state index in [2.05, 4.69) is 19.2 Å². The Kier molecular flexibility index (Phi) is 0.928. The van der Waals surface area contributed by atoms with E-state index in [1.807, 2.05) is 0 Å². The third kappa shape index (κ3) is 0.478. The summed E-state index contributed by atoms with van der Waals surface area (Å²) in [6, 6.07) is 0. The second-order valence-electron chi connectivity index (χ2n) is 3.15. The molecule has 3 saturated heterocycles. The fraction of sp³-hybridized carbons (Fsp3) is 1.00. The van der Waals surface area contributed by atoms with Gasteiger partial charge in [-0.15, -0.1) is 0 Å². The van der Waals surface area contributed by atoms with Crippen molar-refractivity contribution in [2.45, 2.75) is 26.2 Å². The van der Waals surface area contributed by atoms with E-state index < -0.39 is 0 Å². The molecule has 9 heavy (non-hydrogen) atoms. The van der Waals surface area contributed by atoms with Crippen LogP contribution in [0.15, 0.2) is 0 Å². The van der Waals surface area contributed by atoms with Crippen molar-refractivity contribution in [3.05, 3.63) is 0 Å². The molecule has 2 N–H and O–H groups in total. The summed E-state index contributed by atoms with van der Waals surface area (Å²) in [7, 11) is 0. The van der Waals surface area contributed by atoms with Gasteiger partial charge in [0.05, 0.1) is 12.3 Å². The average Bonchev–Trinajstić information content (AvgIpc) is 2.18. The van der Waals surface area contributed by atoms with E-state index in [4.69, 9.17) is 5.21 Å². The van der Waals surface area contributed by atoms with Gasteiger partial charge in [-0.2, -0.15) is 5.06 Å². The minimum Gasteiger partial charge on any atom is -0.311 e. The highest BCUT2D eigenvalue weighted by Crippen LogP contribution is 2.38. The topological polar surface area (TPSA) is 35.5 Å². The predicted molar refractivity (Wildman–Crippen MR) is 32.7 cm³/mol. The van der Waals surface area contributed by atoms with Crippen molar-refractivity contribution in [2.75, 3.05) is 0 Å². The average molecular weight is 128 g/mol. The van der Waals surface area contributed by atoms with Crippen molar-refractivity contribution in [2.24, 2.45) is 11.8 Å². The number of nitrogens with zero attached hydrogens (tertiary/aromatic N) is 1. The van der Waals surface area contributed by atoms with Gasteiger partial charge >= 0.3 is 0 Å². The smallest absolute Gasteiger partial charge is 0.0901 e. The Morgan fingerprint density at radius 2 is 1.67 bits per heavy atom. The molecule has 0 radical (unpaired) electrons. The number of hydrogen-bond acceptors (Lipinski definition) is 3. The zero-order valence-corrected chi connectivity index (χ0v) is 5.70. The van der Waals surface area contributed by atoms with Gasteiger partial charge in [-0.3, -0.25) is 5.32 Å². The Morgan fingerprint density at radius 1 is 1.22 bits per heavy atom. The highest BCUT2D eigenvalue weighted by Gasteiger charge is 2.53. The minimum atomic E-state index is 0.241. The van der Waals surface area contributed by atoms with Crippen LogP contribution in [0.4, 0.5) is 0 Å². The van der Waals surface area contributed by atoms with Crippen LogP contribution in [0.5, 0.6) is 0 Å². The van der Waals surface area contributed by atoms with Gasteiger partial charge in [-0.1, -0.05) is 13.8 Å². The van der Waals surface area contributed by atoms with Crippen LogP contribution in [0.1, 0.15) is 13.8 Å². The molecule has 2 bridgehead atoms. The molecule has 3 aliphatic heterocycles. The van der Waals surface area contributed by atoms with Crippen LogP contribution in [-0.4, -0.2) is 22.6 Å². The lowest BCUT2D eigenvalue weighted by atomic mass is 10.0. The van der Waals surface area contributed by atoms with Crippen molar-refractivity contribution in [3.63, 3.8) is 0 Å². The van der Waals surface area contributed by atoms with Gasteiger partial charge in [0.25, 0.3) is 0 Å². The van der Waals surface area contributed by atoms with Crippen molar-refractivity contribution >= 4 is 0 Å². The second kappa shape index (κ2) is 1.48. The van der Waals surface area contributed by atoms with Crippen molar-refractivity contribution in [1.29, 1.82) is 0 Å². The lowest BCUT2D eigenvalue weighted by molar-refractivity contribution is -0.220. The molecule has 3 heteroatoms. The van der Waals surface area contributed by atoms with Gasteiger partial charge in [-0.25, -0.2) is 0 Å². The van der Waals surface area contributed by atoms with E-state index in [0.29, 0.717) is 11.8 Å². The molecule has 4 unspecified atom stereocenters. The highest BCUT2D eigenvalue weighted by atomic mass is 16.5. The highest BCUT2D eigenvalue weighted by molar-refractivity contribution is 5.00. The van der Waals surface area contributed by atoms with E-state index in [1.165, 1.54) is 5.06 Å². The van der Waals surface area contributed by atoms with Crippen LogP contribution in [0.2, 0.25) is 0 Å². The number of rotatable bonds is 0. The van der Waals surface area contributed by atoms with Gasteiger partial charge in [0, 0.05) is 0 Å². The van der Waals surface area contributed by atoms with Crippen LogP contribution in [-0.2, 0) is 0 Å². The molecule has 3 rings (SSSR count). The summed E-state index contributed by atoms with van der Waals surface area (Å²) in [5.74, 6) is 1.19. The van der Waals surface area contributed by atoms with Gasteiger partial charge in [0.15, 0.2) is 0 Å². The number of hydroxylamine groups is 2. The number of hydrogen-bond donors (Lipinski definition) is 2. The Hall–Kier alpha value is -0.120. The van der Waals surface area contributed by atoms with Crippen LogP contribution >= 0.6 is 0 Å². The van der Waals surface area contributed by atoms with Crippen molar-refractivity contribution in [3.8, 4) is 0 Å². The van der Waals surface area contributed by atoms with Crippen LogP contribution in [0.25, 0.3) is 0 Å². The summed E-state index contributed by atoms with van der Waals surface area (Å²) in [6.45, 7) is 4.33. The van der Waals surface area contributed by atoms with Crippen LogP contribution < -0.4 is 5.32 Å². The van der Waals surface area contributed by atoms with Crippen molar-refractivity contribution in [1.82, 2.24) is 10.4 Å². The first-order valence-corrected chi connectivity index (χ1v) is 3.45. The molecule has 3 fully saturated rings. The SMILES string of the molecule is CC1C(C)C2NC1N2O. The Morgan fingerprint density at radius 3 is 1.78 bits per heavy atom. The van der Waals surface area contributed by atoms with E-state index in [-0.39, 0.29) is 12.3 Å². The molecule has 0 aromatic heterocycles. The van der Waals surface area contributed by atoms with Gasteiger partial charge in [0.2, 0.25) is 0 Å². The minimum absolute atomic E-state index is 0.241. The molecule has 0 aromatic carbocycles. The first kappa shape index (κ1) is 5.65. The van der Waals surface area contributed by atoms with Gasteiger partial charge < -0.3 is 5.21 Å². The normalized spacial score (nSPS) is 57.7. The summed E-state index contributed by atoms with van der Waals surface area (Å²) >= 11 is 0. The van der Waals surface area contributed by atoms with Crippen LogP contribution in [0.3, 0.4) is 0 Å². The molecule has 4 atom stereocenters. The largest absolute Gasteiger partial charge is 0.311 e. The third-order valence-corrected chi connectivity index (χ3v) is 2.74. The summed E-state index contributed by atoms with van der Waals surface area (Å²) in [6.07, 6.45) is 0.481. The molecule has 3 heterocycles. The fourth-order valence-electron chi connectivity index (χ4n) is 1.78. The second-order valence-corrected chi connectivity index (χ2v) is 3.15. The predicted octanol–water partition coefficient (Wildman–Crippen LogP) is 0.219. The molecular formula is C6H12N2O. The van der Waals surface area contributed by atoms with E-state index >= 15 is 0 Å². The molecule has 0 aromatic rings. The number of nitrogens with one attached hydrogen (secondary N) is 1. The zero-order valence-electron chi connectivity index (χ0n) is 5.70. The van der Waals surface area contributed by atoms with Gasteiger partial charge in [-0.05, 0) is 11.8 Å². The summed E-state index contributed by atoms with van der Waals surface area (Å²) in [5, 5.41) is 13.8. The van der Waals surface area contributed by atoms with E-state index in [0.717, 1.165) is 0 Å². The molecule has 0 amide bonds. The Bertz CT molecular complexity index is 121. The molecule has 0 saturated carbocycles. The first-order chi connectivity index (χ1) is 4.22. The summed E-state index contributed by atoms with van der Waals surface area (Å²) in [5.41, 5.74) is 0. The molecule has 52 valence electrons. The molecule has 3 aliphatic rings. The molecule has 0 aliphatic carbocycles. The van der Waals surface area contributed by atoms with E-state index in [1.54, 1.807) is 0 Å². The lowest BCUT2D eigenvalue weighted by Gasteiger charge is -2.37. The molecule has 0 spiro atoms. The number of fused-ring (bicyclic) bond motifs is 1. The quantitative estimate of drug-likeness (QED) is 0.490. The third-order valence-electron chi connectivity index (χ3n) is 2.74. The van der Waals surface area contributed by atoms with E-state index in [9.17, 15) is 0 Å². The monoisotopic (exact) mass is 128 g/mol. The maximum atomic E-state index is 9.16. The molecular weight excluding hydrogens is 116 g/mol. The van der Waals surface area contributed by atoms with Gasteiger partial charge in [0.1, 0.15) is 0 Å². The first-order valence-electron chi connectivity index (χ1n) is 3.45. The fourth-order valence-corrected chi connectivity index (χ4v) is 1.78. The lowest BCUT2D eigenvalue weighted by Crippen LogP contribution is -2.62. The zero-order chi connectivity index (χ0) is 6.59. The van der Waals surface area contributed by atoms with Crippen molar-refractivity contribution < 1.29 is 5.21 Å². The summed E-state index contributed by atoms with van der Waals surface area (Å²) in [4.78, 5) is 0. The maximum Gasteiger partial charge on any atom is 0.0901 e. The van der Waals surface area contributed by atoms with Crippen LogP contribution in [0, 0.1) is 11.8 Å².